The van der Waals surface area contributed by atoms with Crippen LogP contribution < -0.4 is 16.6 Å². The molecule has 1 atom stereocenters. The van der Waals surface area contributed by atoms with Crippen LogP contribution in [0, 0.1) is 0 Å². The van der Waals surface area contributed by atoms with E-state index in [0.717, 1.165) is 11.1 Å². The summed E-state index contributed by atoms with van der Waals surface area (Å²) >= 11 is 5.92. The van der Waals surface area contributed by atoms with E-state index in [1.54, 1.807) is 42.9 Å². The molecule has 0 radical (unpaired) electrons. The van der Waals surface area contributed by atoms with Gasteiger partial charge in [-0.3, -0.25) is 13.9 Å². The minimum atomic E-state index is -0.744. The van der Waals surface area contributed by atoms with E-state index in [9.17, 15) is 14.7 Å². The normalized spacial score (nSPS) is 12.3. The number of halogens is 1. The van der Waals surface area contributed by atoms with Gasteiger partial charge in [-0.1, -0.05) is 54.1 Å². The minimum absolute atomic E-state index is 0.124. The third kappa shape index (κ3) is 3.99. The number of aryl methyl sites for hydroxylation is 2. The summed E-state index contributed by atoms with van der Waals surface area (Å²) in [6.45, 7) is 0.327. The Labute approximate surface area is 183 Å². The number of hydrogen-bond donors (Lipinski definition) is 2. The summed E-state index contributed by atoms with van der Waals surface area (Å²) < 4.78 is 4.13. The Morgan fingerprint density at radius 1 is 1.03 bits per heavy atom. The van der Waals surface area contributed by atoms with E-state index in [0.29, 0.717) is 16.5 Å². The lowest BCUT2D eigenvalue weighted by atomic mass is 10.1. The van der Waals surface area contributed by atoms with Gasteiger partial charge < -0.3 is 15.0 Å². The lowest BCUT2D eigenvalue weighted by Gasteiger charge is -2.12. The number of rotatable bonds is 6. The summed E-state index contributed by atoms with van der Waals surface area (Å²) in [5.74, 6) is 0.390. The second-order valence-electron chi connectivity index (χ2n) is 7.33. The van der Waals surface area contributed by atoms with E-state index in [-0.39, 0.29) is 18.7 Å². The first-order valence-electron chi connectivity index (χ1n) is 9.74. The summed E-state index contributed by atoms with van der Waals surface area (Å²) in [5.41, 5.74) is 1.25. The molecule has 2 aromatic heterocycles. The number of nitrogens with one attached hydrogen (secondary N) is 1. The number of imidazole rings is 1. The van der Waals surface area contributed by atoms with Crippen LogP contribution in [0.1, 0.15) is 17.2 Å². The van der Waals surface area contributed by atoms with Crippen molar-refractivity contribution in [1.82, 2.24) is 18.7 Å². The van der Waals surface area contributed by atoms with Crippen LogP contribution >= 0.6 is 11.6 Å². The molecule has 9 heteroatoms. The standard InChI is InChI=1S/C22H22ClN5O3/c1-26-18-19(25-21(26)24-12-17(29)15-6-4-3-5-7-15)27(2)22(31)28(20(18)30)13-14-8-10-16(23)11-9-14/h3-11,17,29H,12-13H2,1-2H3,(H,24,25)/t17-/m1/s1. The lowest BCUT2D eigenvalue weighted by molar-refractivity contribution is 0.191. The zero-order valence-electron chi connectivity index (χ0n) is 17.1. The quantitative estimate of drug-likeness (QED) is 0.480. The van der Waals surface area contributed by atoms with Gasteiger partial charge in [-0.15, -0.1) is 0 Å². The van der Waals surface area contributed by atoms with Crippen LogP contribution in [0.15, 0.2) is 64.2 Å². The molecule has 0 bridgehead atoms. The lowest BCUT2D eigenvalue weighted by Crippen LogP contribution is -2.39. The van der Waals surface area contributed by atoms with E-state index in [4.69, 9.17) is 11.6 Å². The minimum Gasteiger partial charge on any atom is -0.387 e. The maximum absolute atomic E-state index is 13.2. The van der Waals surface area contributed by atoms with E-state index in [1.165, 1.54) is 9.13 Å². The Morgan fingerprint density at radius 2 is 1.71 bits per heavy atom. The van der Waals surface area contributed by atoms with Crippen molar-refractivity contribution in [3.05, 3.63) is 91.6 Å². The van der Waals surface area contributed by atoms with Crippen molar-refractivity contribution in [2.45, 2.75) is 12.6 Å². The van der Waals surface area contributed by atoms with Crippen LogP contribution in [0.4, 0.5) is 5.95 Å². The molecule has 0 aliphatic carbocycles. The predicted octanol–water partition coefficient (Wildman–Crippen LogP) is 2.28. The summed E-state index contributed by atoms with van der Waals surface area (Å²) in [7, 11) is 3.28. The Hall–Kier alpha value is -3.36. The van der Waals surface area contributed by atoms with Crippen molar-refractivity contribution in [2.75, 3.05) is 11.9 Å². The molecule has 4 aromatic rings. The van der Waals surface area contributed by atoms with Crippen LogP contribution in [0.2, 0.25) is 5.02 Å². The molecule has 0 unspecified atom stereocenters. The molecule has 31 heavy (non-hydrogen) atoms. The maximum atomic E-state index is 13.2. The number of aliphatic hydroxyl groups excluding tert-OH is 1. The number of nitrogens with zero attached hydrogens (tertiary/aromatic N) is 4. The zero-order chi connectivity index (χ0) is 22.1. The Kier molecular flexibility index (Phi) is 5.67. The van der Waals surface area contributed by atoms with Gasteiger partial charge in [-0.25, -0.2) is 4.79 Å². The van der Waals surface area contributed by atoms with Crippen molar-refractivity contribution in [3.8, 4) is 0 Å². The van der Waals surface area contributed by atoms with E-state index in [1.807, 2.05) is 30.3 Å². The SMILES string of the molecule is Cn1c(NC[C@@H](O)c2ccccc2)nc2c1c(=O)n(Cc1ccc(Cl)cc1)c(=O)n2C. The largest absolute Gasteiger partial charge is 0.387 e. The highest BCUT2D eigenvalue weighted by Gasteiger charge is 2.19. The topological polar surface area (TPSA) is 94.1 Å². The Balaban J connectivity index is 1.69. The van der Waals surface area contributed by atoms with Crippen LogP contribution in [0.25, 0.3) is 11.2 Å². The van der Waals surface area contributed by atoms with Crippen molar-refractivity contribution < 1.29 is 5.11 Å². The summed E-state index contributed by atoms with van der Waals surface area (Å²) in [5, 5.41) is 14.1. The van der Waals surface area contributed by atoms with Crippen molar-refractivity contribution in [2.24, 2.45) is 14.1 Å². The highest BCUT2D eigenvalue weighted by molar-refractivity contribution is 6.30. The average molecular weight is 440 g/mol. The van der Waals surface area contributed by atoms with Gasteiger partial charge in [-0.2, -0.15) is 4.98 Å². The van der Waals surface area contributed by atoms with Crippen molar-refractivity contribution >= 4 is 28.7 Å². The molecule has 0 spiro atoms. The van der Waals surface area contributed by atoms with Gasteiger partial charge in [0, 0.05) is 25.7 Å². The summed E-state index contributed by atoms with van der Waals surface area (Å²) in [6.07, 6.45) is -0.744. The van der Waals surface area contributed by atoms with Crippen LogP contribution in [-0.4, -0.2) is 30.3 Å². The first kappa shape index (κ1) is 20.9. The third-order valence-electron chi connectivity index (χ3n) is 5.25. The summed E-state index contributed by atoms with van der Waals surface area (Å²) in [6, 6.07) is 16.2. The van der Waals surface area contributed by atoms with Crippen LogP contribution in [0.3, 0.4) is 0 Å². The monoisotopic (exact) mass is 439 g/mol. The molecule has 0 fully saturated rings. The van der Waals surface area contributed by atoms with E-state index < -0.39 is 17.4 Å². The second-order valence-corrected chi connectivity index (χ2v) is 7.77. The van der Waals surface area contributed by atoms with E-state index >= 15 is 0 Å². The predicted molar refractivity (Wildman–Crippen MR) is 121 cm³/mol. The number of fused-ring (bicyclic) bond motifs is 1. The summed E-state index contributed by atoms with van der Waals surface area (Å²) in [4.78, 5) is 30.4. The number of aliphatic hydroxyl groups is 1. The molecule has 2 aromatic carbocycles. The highest BCUT2D eigenvalue weighted by atomic mass is 35.5. The highest BCUT2D eigenvalue weighted by Crippen LogP contribution is 2.17. The molecule has 0 saturated heterocycles. The first-order valence-corrected chi connectivity index (χ1v) is 10.1. The Morgan fingerprint density at radius 3 is 2.39 bits per heavy atom. The van der Waals surface area contributed by atoms with E-state index in [2.05, 4.69) is 10.3 Å². The van der Waals surface area contributed by atoms with Gasteiger partial charge in [0.25, 0.3) is 5.56 Å². The van der Waals surface area contributed by atoms with Gasteiger partial charge in [0.15, 0.2) is 11.2 Å². The molecule has 0 amide bonds. The zero-order valence-corrected chi connectivity index (χ0v) is 17.9. The van der Waals surface area contributed by atoms with Gasteiger partial charge in [0.2, 0.25) is 5.95 Å². The smallest absolute Gasteiger partial charge is 0.332 e. The molecule has 4 rings (SSSR count). The van der Waals surface area contributed by atoms with Crippen LogP contribution in [-0.2, 0) is 20.6 Å². The number of aromatic nitrogens is 4. The molecule has 160 valence electrons. The van der Waals surface area contributed by atoms with Crippen molar-refractivity contribution in [1.29, 1.82) is 0 Å². The molecule has 0 aliphatic rings. The van der Waals surface area contributed by atoms with Gasteiger partial charge >= 0.3 is 5.69 Å². The fourth-order valence-electron chi connectivity index (χ4n) is 3.49. The second kappa shape index (κ2) is 8.41. The first-order chi connectivity index (χ1) is 14.9. The molecule has 2 N–H and O–H groups in total. The molecule has 0 aliphatic heterocycles. The molecule has 2 heterocycles. The van der Waals surface area contributed by atoms with Gasteiger partial charge in [-0.05, 0) is 23.3 Å². The fourth-order valence-corrected chi connectivity index (χ4v) is 3.62. The number of hydrogen-bond acceptors (Lipinski definition) is 5. The molecule has 0 saturated carbocycles. The number of anilines is 1. The van der Waals surface area contributed by atoms with Gasteiger partial charge in [0.05, 0.1) is 12.6 Å². The molecule has 8 nitrogen and oxygen atoms in total. The number of benzene rings is 2. The van der Waals surface area contributed by atoms with Crippen LogP contribution in [0.5, 0.6) is 0 Å². The fraction of sp³-hybridized carbons (Fsp3) is 0.227. The average Bonchev–Trinajstić information content (AvgIpc) is 3.12. The molecular weight excluding hydrogens is 418 g/mol. The van der Waals surface area contributed by atoms with Gasteiger partial charge in [0.1, 0.15) is 0 Å². The third-order valence-corrected chi connectivity index (χ3v) is 5.50. The van der Waals surface area contributed by atoms with Crippen molar-refractivity contribution in [3.63, 3.8) is 0 Å². The maximum Gasteiger partial charge on any atom is 0.332 e. The molecular formula is C22H22ClN5O3. The Bertz CT molecular complexity index is 1340.